The van der Waals surface area contributed by atoms with E-state index < -0.39 is 0 Å². The van der Waals surface area contributed by atoms with Gasteiger partial charge in [-0.2, -0.15) is 0 Å². The smallest absolute Gasteiger partial charge is 0.152 e. The summed E-state index contributed by atoms with van der Waals surface area (Å²) in [6.07, 6.45) is 5.99. The van der Waals surface area contributed by atoms with Crippen molar-refractivity contribution >= 4 is 11.5 Å². The van der Waals surface area contributed by atoms with Gasteiger partial charge in [-0.1, -0.05) is 18.2 Å². The molecule has 0 unspecified atom stereocenters. The first-order chi connectivity index (χ1) is 10.8. The van der Waals surface area contributed by atoms with Crippen LogP contribution in [0.4, 0.5) is 11.5 Å². The van der Waals surface area contributed by atoms with Gasteiger partial charge in [-0.25, -0.2) is 4.98 Å². The number of nitrogens with two attached hydrogens (primary N) is 1. The zero-order valence-corrected chi connectivity index (χ0v) is 12.1. The van der Waals surface area contributed by atoms with E-state index in [1.54, 1.807) is 18.6 Å². The van der Waals surface area contributed by atoms with Crippen LogP contribution in [0, 0.1) is 0 Å². The van der Waals surface area contributed by atoms with Gasteiger partial charge in [0.2, 0.25) is 0 Å². The van der Waals surface area contributed by atoms with Crippen molar-refractivity contribution in [1.82, 2.24) is 15.0 Å². The SMILES string of the molecule is Nc1cccc(-c2nccnc2NCCc2ccccn2)c1. The molecule has 0 bridgehead atoms. The number of nitrogen functional groups attached to an aromatic ring is 1. The Kier molecular flexibility index (Phi) is 4.25. The van der Waals surface area contributed by atoms with Crippen LogP contribution < -0.4 is 11.1 Å². The van der Waals surface area contributed by atoms with Crippen molar-refractivity contribution in [2.75, 3.05) is 17.6 Å². The number of anilines is 2. The first kappa shape index (κ1) is 14.0. The molecule has 0 aliphatic rings. The Morgan fingerprint density at radius 3 is 2.64 bits per heavy atom. The van der Waals surface area contributed by atoms with Crippen molar-refractivity contribution in [3.8, 4) is 11.3 Å². The van der Waals surface area contributed by atoms with Gasteiger partial charge in [-0.05, 0) is 24.3 Å². The second kappa shape index (κ2) is 6.67. The summed E-state index contributed by atoms with van der Waals surface area (Å²) in [6.45, 7) is 0.741. The molecular formula is C17H17N5. The molecule has 0 radical (unpaired) electrons. The van der Waals surface area contributed by atoms with Crippen LogP contribution in [0.3, 0.4) is 0 Å². The summed E-state index contributed by atoms with van der Waals surface area (Å²) in [7, 11) is 0. The normalized spacial score (nSPS) is 10.4. The van der Waals surface area contributed by atoms with Crippen LogP contribution in [-0.2, 0) is 6.42 Å². The highest BCUT2D eigenvalue weighted by Crippen LogP contribution is 2.24. The highest BCUT2D eigenvalue weighted by Gasteiger charge is 2.07. The molecular weight excluding hydrogens is 274 g/mol. The molecule has 110 valence electrons. The summed E-state index contributed by atoms with van der Waals surface area (Å²) in [5, 5.41) is 3.33. The average Bonchev–Trinajstić information content (AvgIpc) is 2.56. The van der Waals surface area contributed by atoms with Gasteiger partial charge in [0.1, 0.15) is 5.69 Å². The Balaban J connectivity index is 1.74. The van der Waals surface area contributed by atoms with Gasteiger partial charge in [-0.15, -0.1) is 0 Å². The fraction of sp³-hybridized carbons (Fsp3) is 0.118. The molecule has 1 aromatic carbocycles. The molecule has 0 saturated heterocycles. The van der Waals surface area contributed by atoms with E-state index in [4.69, 9.17) is 5.73 Å². The van der Waals surface area contributed by atoms with E-state index in [0.29, 0.717) is 5.69 Å². The molecule has 5 heteroatoms. The molecule has 0 aliphatic carbocycles. The number of hydrogen-bond acceptors (Lipinski definition) is 5. The fourth-order valence-electron chi connectivity index (χ4n) is 2.22. The Bertz CT molecular complexity index is 743. The number of pyridine rings is 1. The zero-order valence-electron chi connectivity index (χ0n) is 12.1. The fourth-order valence-corrected chi connectivity index (χ4v) is 2.22. The molecule has 2 aromatic heterocycles. The van der Waals surface area contributed by atoms with Gasteiger partial charge < -0.3 is 11.1 Å². The summed E-state index contributed by atoms with van der Waals surface area (Å²) in [5.41, 5.74) is 9.36. The van der Waals surface area contributed by atoms with Gasteiger partial charge in [0, 0.05) is 48.5 Å². The van der Waals surface area contributed by atoms with Gasteiger partial charge in [0.25, 0.3) is 0 Å². The van der Waals surface area contributed by atoms with E-state index in [2.05, 4.69) is 20.3 Å². The minimum absolute atomic E-state index is 0.711. The standard InChI is InChI=1S/C17H17N5/c18-14-5-3-4-13(12-14)16-17(22-11-10-20-16)21-9-7-15-6-1-2-8-19-15/h1-6,8,10-12H,7,9,18H2,(H,21,22). The maximum Gasteiger partial charge on any atom is 0.152 e. The zero-order chi connectivity index (χ0) is 15.2. The topological polar surface area (TPSA) is 76.7 Å². The molecule has 0 aliphatic heterocycles. The minimum Gasteiger partial charge on any atom is -0.399 e. The molecule has 22 heavy (non-hydrogen) atoms. The van der Waals surface area contributed by atoms with Gasteiger partial charge in [0.15, 0.2) is 5.82 Å². The third-order valence-corrected chi connectivity index (χ3v) is 3.26. The first-order valence-electron chi connectivity index (χ1n) is 7.13. The summed E-state index contributed by atoms with van der Waals surface area (Å²) in [5.74, 6) is 0.754. The number of aromatic nitrogens is 3. The van der Waals surface area contributed by atoms with Crippen LogP contribution in [0.15, 0.2) is 61.1 Å². The Hall–Kier alpha value is -2.95. The molecule has 0 atom stereocenters. The highest BCUT2D eigenvalue weighted by molar-refractivity contribution is 5.73. The van der Waals surface area contributed by atoms with E-state index in [1.807, 2.05) is 42.5 Å². The molecule has 0 saturated carbocycles. The Morgan fingerprint density at radius 2 is 1.82 bits per heavy atom. The van der Waals surface area contributed by atoms with E-state index in [9.17, 15) is 0 Å². The average molecular weight is 291 g/mol. The van der Waals surface area contributed by atoms with Crippen molar-refractivity contribution in [3.63, 3.8) is 0 Å². The molecule has 0 fully saturated rings. The van der Waals surface area contributed by atoms with Crippen molar-refractivity contribution in [2.24, 2.45) is 0 Å². The second-order valence-corrected chi connectivity index (χ2v) is 4.88. The molecule has 0 amide bonds. The lowest BCUT2D eigenvalue weighted by Gasteiger charge is -2.10. The van der Waals surface area contributed by atoms with Crippen LogP contribution in [0.1, 0.15) is 5.69 Å². The number of nitrogens with one attached hydrogen (secondary N) is 1. The minimum atomic E-state index is 0.711. The van der Waals surface area contributed by atoms with E-state index >= 15 is 0 Å². The number of benzene rings is 1. The van der Waals surface area contributed by atoms with Gasteiger partial charge in [0.05, 0.1) is 0 Å². The number of rotatable bonds is 5. The predicted molar refractivity (Wildman–Crippen MR) is 88.3 cm³/mol. The molecule has 3 rings (SSSR count). The third kappa shape index (κ3) is 3.38. The van der Waals surface area contributed by atoms with Crippen LogP contribution in [-0.4, -0.2) is 21.5 Å². The lowest BCUT2D eigenvalue weighted by molar-refractivity contribution is 0.951. The van der Waals surface area contributed by atoms with Crippen LogP contribution in [0.5, 0.6) is 0 Å². The lowest BCUT2D eigenvalue weighted by Crippen LogP contribution is -2.09. The summed E-state index contributed by atoms with van der Waals surface area (Å²) in [4.78, 5) is 13.1. The molecule has 0 spiro atoms. The molecule has 3 aromatic rings. The number of hydrogen-bond donors (Lipinski definition) is 2. The second-order valence-electron chi connectivity index (χ2n) is 4.88. The van der Waals surface area contributed by atoms with E-state index in [1.165, 1.54) is 0 Å². The molecule has 5 nitrogen and oxygen atoms in total. The molecule has 2 heterocycles. The largest absolute Gasteiger partial charge is 0.399 e. The Morgan fingerprint density at radius 1 is 0.909 bits per heavy atom. The van der Waals surface area contributed by atoms with Crippen molar-refractivity contribution in [2.45, 2.75) is 6.42 Å². The summed E-state index contributed by atoms with van der Waals surface area (Å²) in [6, 6.07) is 13.6. The van der Waals surface area contributed by atoms with Crippen molar-refractivity contribution < 1.29 is 0 Å². The van der Waals surface area contributed by atoms with Crippen LogP contribution in [0.2, 0.25) is 0 Å². The first-order valence-corrected chi connectivity index (χ1v) is 7.13. The van der Waals surface area contributed by atoms with Gasteiger partial charge in [-0.3, -0.25) is 9.97 Å². The summed E-state index contributed by atoms with van der Waals surface area (Å²) < 4.78 is 0. The maximum absolute atomic E-state index is 5.85. The maximum atomic E-state index is 5.85. The monoisotopic (exact) mass is 291 g/mol. The molecule has 3 N–H and O–H groups in total. The van der Waals surface area contributed by atoms with Crippen LogP contribution >= 0.6 is 0 Å². The van der Waals surface area contributed by atoms with Gasteiger partial charge >= 0.3 is 0 Å². The highest BCUT2D eigenvalue weighted by atomic mass is 15.0. The van der Waals surface area contributed by atoms with Crippen molar-refractivity contribution in [1.29, 1.82) is 0 Å². The number of nitrogens with zero attached hydrogens (tertiary/aromatic N) is 3. The lowest BCUT2D eigenvalue weighted by atomic mass is 10.1. The van der Waals surface area contributed by atoms with Crippen LogP contribution in [0.25, 0.3) is 11.3 Å². The van der Waals surface area contributed by atoms with E-state index in [0.717, 1.165) is 35.7 Å². The summed E-state index contributed by atoms with van der Waals surface area (Å²) >= 11 is 0. The third-order valence-electron chi connectivity index (χ3n) is 3.26. The van der Waals surface area contributed by atoms with E-state index in [-0.39, 0.29) is 0 Å². The van der Waals surface area contributed by atoms with Crippen molar-refractivity contribution in [3.05, 3.63) is 66.7 Å². The quantitative estimate of drug-likeness (QED) is 0.707. The Labute approximate surface area is 129 Å². The predicted octanol–water partition coefficient (Wildman–Crippen LogP) is 2.78.